The Kier molecular flexibility index (Phi) is 4.04. The Morgan fingerprint density at radius 1 is 1.12 bits per heavy atom. The van der Waals surface area contributed by atoms with Gasteiger partial charge >= 0.3 is 0 Å². The predicted octanol–water partition coefficient (Wildman–Crippen LogP) is 2.33. The van der Waals surface area contributed by atoms with Crippen molar-refractivity contribution in [2.75, 3.05) is 0 Å². The van der Waals surface area contributed by atoms with E-state index in [1.54, 1.807) is 0 Å². The summed E-state index contributed by atoms with van der Waals surface area (Å²) in [5.74, 6) is 0.656. The van der Waals surface area contributed by atoms with Gasteiger partial charge in [-0.3, -0.25) is 10.2 Å². The zero-order valence-corrected chi connectivity index (χ0v) is 13.8. The topological polar surface area (TPSA) is 65.5 Å². The lowest BCUT2D eigenvalue weighted by Crippen LogP contribution is -2.42. The fourth-order valence-corrected chi connectivity index (χ4v) is 3.26. The number of nitrogens with zero attached hydrogens (tertiary/aromatic N) is 1. The van der Waals surface area contributed by atoms with Crippen molar-refractivity contribution < 1.29 is 4.79 Å². The maximum absolute atomic E-state index is 12.3. The molecule has 1 saturated heterocycles. The Balaban J connectivity index is 1.41. The molecule has 5 nitrogen and oxygen atoms in total. The lowest BCUT2D eigenvalue weighted by Gasteiger charge is -2.08. The Morgan fingerprint density at radius 2 is 1.92 bits per heavy atom. The zero-order chi connectivity index (χ0) is 16.5. The summed E-state index contributed by atoms with van der Waals surface area (Å²) in [6.45, 7) is 1.91. The van der Waals surface area contributed by atoms with E-state index in [1.807, 2.05) is 25.1 Å². The van der Waals surface area contributed by atoms with Crippen molar-refractivity contribution in [1.82, 2.24) is 16.3 Å². The molecule has 2 aromatic rings. The highest BCUT2D eigenvalue weighted by Gasteiger charge is 2.38. The van der Waals surface area contributed by atoms with E-state index < -0.39 is 0 Å². The van der Waals surface area contributed by atoms with E-state index in [4.69, 9.17) is 0 Å². The van der Waals surface area contributed by atoms with Gasteiger partial charge in [-0.2, -0.15) is 5.10 Å². The molecule has 1 aliphatic heterocycles. The quantitative estimate of drug-likeness (QED) is 0.598. The van der Waals surface area contributed by atoms with Crippen LogP contribution in [0, 0.1) is 5.92 Å². The number of hydrazine groups is 1. The van der Waals surface area contributed by atoms with Crippen molar-refractivity contribution in [3.63, 3.8) is 0 Å². The third-order valence-corrected chi connectivity index (χ3v) is 4.94. The number of carbonyl (C=O) groups is 1. The van der Waals surface area contributed by atoms with Gasteiger partial charge in [0.2, 0.25) is 0 Å². The fraction of sp³-hybridized carbons (Fsp3) is 0.368. The van der Waals surface area contributed by atoms with Crippen LogP contribution in [0.25, 0.3) is 10.8 Å². The molecule has 1 heterocycles. The molecule has 2 fully saturated rings. The van der Waals surface area contributed by atoms with Gasteiger partial charge in [-0.1, -0.05) is 36.4 Å². The first-order chi connectivity index (χ1) is 11.7. The van der Waals surface area contributed by atoms with E-state index >= 15 is 0 Å². The van der Waals surface area contributed by atoms with Gasteiger partial charge in [0.05, 0.1) is 5.71 Å². The van der Waals surface area contributed by atoms with Gasteiger partial charge < -0.3 is 0 Å². The molecular weight excluding hydrogens is 300 g/mol. The van der Waals surface area contributed by atoms with Crippen LogP contribution in [0.5, 0.6) is 0 Å². The Labute approximate surface area is 141 Å². The fourth-order valence-electron chi connectivity index (χ4n) is 3.26. The average Bonchev–Trinajstić information content (AvgIpc) is 3.35. The van der Waals surface area contributed by atoms with Crippen LogP contribution < -0.4 is 16.3 Å². The van der Waals surface area contributed by atoms with E-state index in [-0.39, 0.29) is 11.9 Å². The van der Waals surface area contributed by atoms with E-state index in [1.165, 1.54) is 23.6 Å². The molecule has 2 aromatic carbocycles. The lowest BCUT2D eigenvalue weighted by atomic mass is 10.0. The molecule has 1 amide bonds. The second-order valence-electron chi connectivity index (χ2n) is 6.76. The van der Waals surface area contributed by atoms with Crippen molar-refractivity contribution >= 4 is 22.4 Å². The molecule has 24 heavy (non-hydrogen) atoms. The van der Waals surface area contributed by atoms with Crippen molar-refractivity contribution in [2.45, 2.75) is 38.3 Å². The van der Waals surface area contributed by atoms with E-state index in [9.17, 15) is 4.79 Å². The van der Waals surface area contributed by atoms with Crippen molar-refractivity contribution in [2.24, 2.45) is 11.0 Å². The summed E-state index contributed by atoms with van der Waals surface area (Å²) in [4.78, 5) is 12.3. The van der Waals surface area contributed by atoms with Crippen LogP contribution in [-0.2, 0) is 4.79 Å². The second-order valence-corrected chi connectivity index (χ2v) is 6.76. The number of hydrogen-bond donors (Lipinski definition) is 3. The summed E-state index contributed by atoms with van der Waals surface area (Å²) in [6.07, 6.45) is 3.38. The van der Waals surface area contributed by atoms with Crippen LogP contribution >= 0.6 is 0 Å². The minimum atomic E-state index is -0.205. The molecule has 2 aliphatic rings. The summed E-state index contributed by atoms with van der Waals surface area (Å²) in [5.41, 5.74) is 10.8. The summed E-state index contributed by atoms with van der Waals surface area (Å²) in [7, 11) is 0. The predicted molar refractivity (Wildman–Crippen MR) is 95.5 cm³/mol. The normalized spacial score (nSPS) is 24.3. The van der Waals surface area contributed by atoms with Gasteiger partial charge in [-0.25, -0.2) is 10.9 Å². The van der Waals surface area contributed by atoms with Crippen molar-refractivity contribution in [3.05, 3.63) is 48.0 Å². The largest absolute Gasteiger partial charge is 0.271 e. The van der Waals surface area contributed by atoms with Crippen LogP contribution in [0.1, 0.15) is 31.7 Å². The molecule has 3 N–H and O–H groups in total. The molecule has 5 heteroatoms. The van der Waals surface area contributed by atoms with Gasteiger partial charge in [0, 0.05) is 6.04 Å². The van der Waals surface area contributed by atoms with Gasteiger partial charge in [0.25, 0.3) is 5.91 Å². The van der Waals surface area contributed by atoms with E-state index in [0.717, 1.165) is 23.6 Å². The molecule has 0 aromatic heterocycles. The molecule has 1 aliphatic carbocycles. The van der Waals surface area contributed by atoms with Gasteiger partial charge in [0.1, 0.15) is 6.04 Å². The average molecular weight is 322 g/mol. The number of fused-ring (bicyclic) bond motifs is 1. The van der Waals surface area contributed by atoms with Crippen LogP contribution in [0.3, 0.4) is 0 Å². The molecule has 124 valence electrons. The maximum atomic E-state index is 12.3. The van der Waals surface area contributed by atoms with Crippen molar-refractivity contribution in [3.8, 4) is 0 Å². The summed E-state index contributed by atoms with van der Waals surface area (Å²) >= 11 is 0. The summed E-state index contributed by atoms with van der Waals surface area (Å²) in [5, 5.41) is 6.65. The monoisotopic (exact) mass is 322 g/mol. The number of benzene rings is 2. The number of nitrogens with one attached hydrogen (secondary N) is 3. The first-order valence-corrected chi connectivity index (χ1v) is 8.55. The number of carbonyl (C=O) groups excluding carboxylic acids is 1. The maximum Gasteiger partial charge on any atom is 0.258 e. The van der Waals surface area contributed by atoms with Crippen LogP contribution in [-0.4, -0.2) is 23.7 Å². The molecule has 4 rings (SSSR count). The Bertz CT molecular complexity index is 797. The highest BCUT2D eigenvalue weighted by atomic mass is 16.2. The van der Waals surface area contributed by atoms with Gasteiger partial charge in [-0.15, -0.1) is 0 Å². The molecular formula is C19H22N4O. The first kappa shape index (κ1) is 15.3. The minimum absolute atomic E-state index is 0.0780. The first-order valence-electron chi connectivity index (χ1n) is 8.55. The molecule has 2 atom stereocenters. The second kappa shape index (κ2) is 6.34. The molecule has 2 unspecified atom stereocenters. The van der Waals surface area contributed by atoms with Crippen LogP contribution in [0.15, 0.2) is 47.6 Å². The number of hydrogen-bond acceptors (Lipinski definition) is 4. The Hall–Kier alpha value is -2.24. The van der Waals surface area contributed by atoms with Gasteiger partial charge in [0.15, 0.2) is 0 Å². The van der Waals surface area contributed by atoms with Gasteiger partial charge in [-0.05, 0) is 54.5 Å². The third kappa shape index (κ3) is 3.18. The molecule has 1 saturated carbocycles. The number of hydrazone groups is 1. The highest BCUT2D eigenvalue weighted by Crippen LogP contribution is 2.35. The smallest absolute Gasteiger partial charge is 0.258 e. The SMILES string of the molecule is C/C(=N\NC(=O)C1CC(C2CC2)NN1)c1ccc2ccccc2c1. The molecule has 0 radical (unpaired) electrons. The summed E-state index contributed by atoms with van der Waals surface area (Å²) in [6, 6.07) is 14.6. The number of amides is 1. The Morgan fingerprint density at radius 3 is 2.71 bits per heavy atom. The van der Waals surface area contributed by atoms with E-state index in [2.05, 4.69) is 45.6 Å². The highest BCUT2D eigenvalue weighted by molar-refractivity contribution is 6.02. The molecule has 0 bridgehead atoms. The summed E-state index contributed by atoms with van der Waals surface area (Å²) < 4.78 is 0. The molecule has 0 spiro atoms. The van der Waals surface area contributed by atoms with E-state index in [0.29, 0.717) is 6.04 Å². The standard InChI is InChI=1S/C19H22N4O/c1-12(15-9-6-13-4-2-3-5-16(13)10-15)20-23-19(24)18-11-17(21-22-18)14-7-8-14/h2-6,9-10,14,17-18,21-22H,7-8,11H2,1H3,(H,23,24)/b20-12+. The van der Waals surface area contributed by atoms with Crippen LogP contribution in [0.4, 0.5) is 0 Å². The number of rotatable bonds is 4. The van der Waals surface area contributed by atoms with Crippen LogP contribution in [0.2, 0.25) is 0 Å². The minimum Gasteiger partial charge on any atom is -0.271 e. The lowest BCUT2D eigenvalue weighted by molar-refractivity contribution is -0.122. The third-order valence-electron chi connectivity index (χ3n) is 4.94. The zero-order valence-electron chi connectivity index (χ0n) is 13.8. The van der Waals surface area contributed by atoms with Crippen molar-refractivity contribution in [1.29, 1.82) is 0 Å².